The quantitative estimate of drug-likeness (QED) is 0.601. The number of nitrogens with zero attached hydrogens (tertiary/aromatic N) is 2. The first kappa shape index (κ1) is 18.4. The summed E-state index contributed by atoms with van der Waals surface area (Å²) >= 11 is 0. The fraction of sp³-hybridized carbons (Fsp3) is 0.588. The van der Waals surface area contributed by atoms with Crippen molar-refractivity contribution in [3.05, 3.63) is 35.1 Å². The molecule has 0 aliphatic carbocycles. The van der Waals surface area contributed by atoms with Crippen LogP contribution in [0.25, 0.3) is 0 Å². The molecule has 5 heteroatoms. The second-order valence-electron chi connectivity index (χ2n) is 5.46. The second kappa shape index (κ2) is 9.41. The molecule has 0 amide bonds. The van der Waals surface area contributed by atoms with Crippen LogP contribution < -0.4 is 10.6 Å². The summed E-state index contributed by atoms with van der Waals surface area (Å²) in [5, 5.41) is 6.60. The van der Waals surface area contributed by atoms with E-state index in [2.05, 4.69) is 41.3 Å². The molecule has 0 radical (unpaired) electrons. The van der Waals surface area contributed by atoms with Gasteiger partial charge in [-0.3, -0.25) is 9.89 Å². The molecule has 0 spiro atoms. The van der Waals surface area contributed by atoms with Gasteiger partial charge in [0.05, 0.1) is 0 Å². The first-order valence-corrected chi connectivity index (χ1v) is 7.95. The lowest BCUT2D eigenvalue weighted by Gasteiger charge is -2.27. The number of guanidine groups is 1. The summed E-state index contributed by atoms with van der Waals surface area (Å²) in [5.74, 6) is 0.597. The zero-order chi connectivity index (χ0) is 16.5. The van der Waals surface area contributed by atoms with Crippen molar-refractivity contribution in [2.75, 3.05) is 26.7 Å². The van der Waals surface area contributed by atoms with Crippen LogP contribution in [0.1, 0.15) is 31.9 Å². The van der Waals surface area contributed by atoms with Crippen LogP contribution in [-0.4, -0.2) is 43.6 Å². The average molecular weight is 308 g/mol. The van der Waals surface area contributed by atoms with Crippen molar-refractivity contribution >= 4 is 5.96 Å². The fourth-order valence-corrected chi connectivity index (χ4v) is 2.44. The molecule has 0 saturated carbocycles. The molecule has 1 aromatic carbocycles. The normalized spacial score (nSPS) is 13.3. The van der Waals surface area contributed by atoms with Crippen molar-refractivity contribution < 1.29 is 4.39 Å². The van der Waals surface area contributed by atoms with E-state index in [4.69, 9.17) is 0 Å². The SMILES string of the molecule is CCN(CC)C(C)CNC(=NC)NCc1ccc(F)c(C)c1. The van der Waals surface area contributed by atoms with Gasteiger partial charge in [0.25, 0.3) is 0 Å². The van der Waals surface area contributed by atoms with E-state index in [0.29, 0.717) is 18.2 Å². The van der Waals surface area contributed by atoms with Gasteiger partial charge < -0.3 is 10.6 Å². The van der Waals surface area contributed by atoms with E-state index >= 15 is 0 Å². The van der Waals surface area contributed by atoms with Crippen molar-refractivity contribution in [1.29, 1.82) is 0 Å². The minimum absolute atomic E-state index is 0.167. The van der Waals surface area contributed by atoms with Gasteiger partial charge in [0.2, 0.25) is 0 Å². The van der Waals surface area contributed by atoms with E-state index in [0.717, 1.165) is 31.2 Å². The standard InChI is InChI=1S/C17H29FN4/c1-6-22(7-2)14(4)11-20-17(19-5)21-12-15-8-9-16(18)13(3)10-15/h8-10,14H,6-7,11-12H2,1-5H3,(H2,19,20,21). The van der Waals surface area contributed by atoms with E-state index in [-0.39, 0.29) is 5.82 Å². The van der Waals surface area contributed by atoms with E-state index in [1.807, 2.05) is 6.07 Å². The van der Waals surface area contributed by atoms with Gasteiger partial charge in [-0.2, -0.15) is 0 Å². The first-order chi connectivity index (χ1) is 10.5. The third-order valence-corrected chi connectivity index (χ3v) is 3.91. The third kappa shape index (κ3) is 5.64. The van der Waals surface area contributed by atoms with Crippen LogP contribution in [-0.2, 0) is 6.54 Å². The van der Waals surface area contributed by atoms with Crippen molar-refractivity contribution in [1.82, 2.24) is 15.5 Å². The lowest BCUT2D eigenvalue weighted by atomic mass is 10.1. The smallest absolute Gasteiger partial charge is 0.191 e. The maximum atomic E-state index is 13.3. The molecule has 0 saturated heterocycles. The number of aliphatic imine (C=N–C) groups is 1. The molecular formula is C17H29FN4. The van der Waals surface area contributed by atoms with Crippen LogP contribution in [0.4, 0.5) is 4.39 Å². The number of likely N-dealkylation sites (N-methyl/N-ethyl adjacent to an activating group) is 1. The largest absolute Gasteiger partial charge is 0.355 e. The minimum atomic E-state index is -0.167. The molecule has 124 valence electrons. The topological polar surface area (TPSA) is 39.7 Å². The highest BCUT2D eigenvalue weighted by Gasteiger charge is 2.10. The van der Waals surface area contributed by atoms with E-state index in [1.54, 1.807) is 20.0 Å². The molecule has 0 fully saturated rings. The van der Waals surface area contributed by atoms with Gasteiger partial charge in [0, 0.05) is 26.2 Å². The van der Waals surface area contributed by atoms with Crippen molar-refractivity contribution in [2.45, 2.75) is 40.3 Å². The van der Waals surface area contributed by atoms with Crippen LogP contribution in [0.15, 0.2) is 23.2 Å². The number of hydrogen-bond donors (Lipinski definition) is 2. The molecule has 1 atom stereocenters. The first-order valence-electron chi connectivity index (χ1n) is 7.95. The molecule has 1 unspecified atom stereocenters. The van der Waals surface area contributed by atoms with Gasteiger partial charge in [0.1, 0.15) is 5.82 Å². The van der Waals surface area contributed by atoms with Gasteiger partial charge in [-0.25, -0.2) is 4.39 Å². The number of halogens is 1. The molecule has 0 aliphatic heterocycles. The maximum absolute atomic E-state index is 13.3. The Hall–Kier alpha value is -1.62. The zero-order valence-electron chi connectivity index (χ0n) is 14.4. The summed E-state index contributed by atoms with van der Waals surface area (Å²) in [7, 11) is 1.76. The number of aryl methyl sites for hydroxylation is 1. The molecular weight excluding hydrogens is 279 g/mol. The number of hydrogen-bond acceptors (Lipinski definition) is 2. The number of nitrogens with one attached hydrogen (secondary N) is 2. The molecule has 1 aromatic rings. The lowest BCUT2D eigenvalue weighted by molar-refractivity contribution is 0.231. The molecule has 0 aromatic heterocycles. The van der Waals surface area contributed by atoms with E-state index in [1.165, 1.54) is 6.07 Å². The Bertz CT molecular complexity index is 484. The molecule has 4 nitrogen and oxygen atoms in total. The highest BCUT2D eigenvalue weighted by atomic mass is 19.1. The molecule has 22 heavy (non-hydrogen) atoms. The summed E-state index contributed by atoms with van der Waals surface area (Å²) in [6.45, 7) is 11.9. The molecule has 1 rings (SSSR count). The Balaban J connectivity index is 2.47. The van der Waals surface area contributed by atoms with Crippen molar-refractivity contribution in [2.24, 2.45) is 4.99 Å². The summed E-state index contributed by atoms with van der Waals surface area (Å²) in [5.41, 5.74) is 1.70. The zero-order valence-corrected chi connectivity index (χ0v) is 14.4. The second-order valence-corrected chi connectivity index (χ2v) is 5.46. The van der Waals surface area contributed by atoms with E-state index < -0.39 is 0 Å². The Morgan fingerprint density at radius 1 is 1.27 bits per heavy atom. The van der Waals surface area contributed by atoms with Crippen LogP contribution in [0.2, 0.25) is 0 Å². The van der Waals surface area contributed by atoms with Gasteiger partial charge in [-0.15, -0.1) is 0 Å². The number of rotatable bonds is 7. The van der Waals surface area contributed by atoms with Gasteiger partial charge in [-0.05, 0) is 44.1 Å². The lowest BCUT2D eigenvalue weighted by Crippen LogP contribution is -2.45. The summed E-state index contributed by atoms with van der Waals surface area (Å²) in [6.07, 6.45) is 0. The Morgan fingerprint density at radius 2 is 1.95 bits per heavy atom. The van der Waals surface area contributed by atoms with Gasteiger partial charge in [-0.1, -0.05) is 26.0 Å². The minimum Gasteiger partial charge on any atom is -0.355 e. The summed E-state index contributed by atoms with van der Waals surface area (Å²) < 4.78 is 13.3. The van der Waals surface area contributed by atoms with Crippen molar-refractivity contribution in [3.8, 4) is 0 Å². The predicted octanol–water partition coefficient (Wildman–Crippen LogP) is 2.53. The predicted molar refractivity (Wildman–Crippen MR) is 91.7 cm³/mol. The molecule has 2 N–H and O–H groups in total. The summed E-state index contributed by atoms with van der Waals surface area (Å²) in [4.78, 5) is 6.62. The third-order valence-electron chi connectivity index (χ3n) is 3.91. The molecule has 0 aliphatic rings. The monoisotopic (exact) mass is 308 g/mol. The Kier molecular flexibility index (Phi) is 7.88. The molecule has 0 heterocycles. The highest BCUT2D eigenvalue weighted by molar-refractivity contribution is 5.79. The fourth-order valence-electron chi connectivity index (χ4n) is 2.44. The van der Waals surface area contributed by atoms with Gasteiger partial charge >= 0.3 is 0 Å². The Labute approximate surface area is 133 Å². The molecule has 0 bridgehead atoms. The Morgan fingerprint density at radius 3 is 2.50 bits per heavy atom. The van der Waals surface area contributed by atoms with Crippen LogP contribution in [0, 0.1) is 12.7 Å². The van der Waals surface area contributed by atoms with Crippen molar-refractivity contribution in [3.63, 3.8) is 0 Å². The average Bonchev–Trinajstić information content (AvgIpc) is 2.52. The van der Waals surface area contributed by atoms with Crippen LogP contribution in [0.3, 0.4) is 0 Å². The van der Waals surface area contributed by atoms with Crippen LogP contribution >= 0.6 is 0 Å². The van der Waals surface area contributed by atoms with Gasteiger partial charge in [0.15, 0.2) is 5.96 Å². The number of benzene rings is 1. The maximum Gasteiger partial charge on any atom is 0.191 e. The summed E-state index contributed by atoms with van der Waals surface area (Å²) in [6, 6.07) is 5.60. The highest BCUT2D eigenvalue weighted by Crippen LogP contribution is 2.08. The van der Waals surface area contributed by atoms with E-state index in [9.17, 15) is 4.39 Å². The van der Waals surface area contributed by atoms with Crippen LogP contribution in [0.5, 0.6) is 0 Å².